The molecule has 0 spiro atoms. The van der Waals surface area contributed by atoms with Crippen LogP contribution in [0.5, 0.6) is 0 Å². The van der Waals surface area contributed by atoms with E-state index in [-0.39, 0.29) is 47.8 Å². The molecule has 1 aromatic heterocycles. The lowest BCUT2D eigenvalue weighted by Gasteiger charge is -2.30. The van der Waals surface area contributed by atoms with Gasteiger partial charge in [0.15, 0.2) is 0 Å². The number of hydrogen-bond donors (Lipinski definition) is 4. The second-order valence-corrected chi connectivity index (χ2v) is 15.4. The molecule has 2 unspecified atom stereocenters. The van der Waals surface area contributed by atoms with Gasteiger partial charge in [-0.3, -0.25) is 14.6 Å². The summed E-state index contributed by atoms with van der Waals surface area (Å²) in [5.41, 5.74) is 5.20. The molecule has 4 aliphatic rings. The van der Waals surface area contributed by atoms with Crippen LogP contribution in [0.2, 0.25) is 0 Å². The first kappa shape index (κ1) is 37.9. The molecule has 14 nitrogen and oxygen atoms in total. The number of nitrogens with zero attached hydrogens (tertiary/aromatic N) is 4. The molecule has 4 heterocycles. The second-order valence-electron chi connectivity index (χ2n) is 15.4. The Balaban J connectivity index is 0.943. The Kier molecular flexibility index (Phi) is 11.4. The van der Waals surface area contributed by atoms with Crippen molar-refractivity contribution in [1.29, 1.82) is 0 Å². The average Bonchev–Trinajstić information content (AvgIpc) is 4.05. The van der Waals surface area contributed by atoms with Gasteiger partial charge in [0.25, 0.3) is 0 Å². The molecule has 7 rings (SSSR count). The Morgan fingerprint density at radius 1 is 0.818 bits per heavy atom. The van der Waals surface area contributed by atoms with Crippen LogP contribution in [-0.2, 0) is 19.1 Å². The number of amides is 4. The summed E-state index contributed by atoms with van der Waals surface area (Å²) in [5, 5.41) is 9.18. The number of alkyl carbamates (subject to hydrolysis) is 2. The number of aliphatic imine (C=N–C) groups is 1. The number of hydrogen-bond acceptors (Lipinski definition) is 9. The molecule has 3 aliphatic heterocycles. The average molecular weight is 753 g/mol. The van der Waals surface area contributed by atoms with Crippen LogP contribution in [-0.4, -0.2) is 102 Å². The van der Waals surface area contributed by atoms with E-state index in [2.05, 4.69) is 74.4 Å². The molecule has 4 N–H and O–H groups in total. The van der Waals surface area contributed by atoms with Crippen LogP contribution in [0.4, 0.5) is 9.59 Å². The van der Waals surface area contributed by atoms with E-state index in [0.717, 1.165) is 84.7 Å². The Bertz CT molecular complexity index is 1890. The van der Waals surface area contributed by atoms with Gasteiger partial charge in [0, 0.05) is 25.0 Å². The molecule has 4 amide bonds. The SMILES string of the molecule is COC(=O)N[C@H]1CCC(C(=O)N2CCC[C@H]2C2=NCC(c3ccc(-c4ccc(-c5cnc([C@@H]6CCCN6C(=O)[C@@H](NC(=O)OC)C(C)C)[nH]5)cc4)cc3)N2)C1. The normalized spacial score (nSPS) is 24.0. The zero-order valence-electron chi connectivity index (χ0n) is 32.0. The standard InChI is InChI=1S/C41H52N8O6/c1-24(2)35(47-41(53)55-4)39(51)49-20-6-8-34(49)37-43-23-32(46-37)28-15-11-26(12-16-28)25-9-13-27(14-10-25)31-22-42-36(45-31)33-7-5-19-48(33)38(50)29-17-18-30(21-29)44-40(52)54-3/h9-16,23-24,29-31,33-35H,5-8,17-22H2,1-4H3,(H,42,45)(H,43,46)(H,44,52)(H,47,53)/t29?,30-,31?,33-,34-,35-/m0/s1. The van der Waals surface area contributed by atoms with Gasteiger partial charge < -0.3 is 40.2 Å². The molecule has 1 aliphatic carbocycles. The maximum atomic E-state index is 13.6. The predicted molar refractivity (Wildman–Crippen MR) is 207 cm³/mol. The number of amidine groups is 1. The lowest BCUT2D eigenvalue weighted by Crippen LogP contribution is -2.51. The number of aromatic nitrogens is 2. The summed E-state index contributed by atoms with van der Waals surface area (Å²) in [4.78, 5) is 67.5. The van der Waals surface area contributed by atoms with E-state index in [1.54, 1.807) is 0 Å². The highest BCUT2D eigenvalue weighted by atomic mass is 16.5. The molecule has 2 aromatic carbocycles. The highest BCUT2D eigenvalue weighted by molar-refractivity contribution is 5.94. The van der Waals surface area contributed by atoms with Gasteiger partial charge in [0.2, 0.25) is 11.8 Å². The monoisotopic (exact) mass is 752 g/mol. The quantitative estimate of drug-likeness (QED) is 0.215. The van der Waals surface area contributed by atoms with E-state index < -0.39 is 18.2 Å². The molecule has 3 aromatic rings. The van der Waals surface area contributed by atoms with E-state index in [4.69, 9.17) is 14.5 Å². The number of imidazole rings is 1. The summed E-state index contributed by atoms with van der Waals surface area (Å²) >= 11 is 0. The Morgan fingerprint density at radius 3 is 2.16 bits per heavy atom. The van der Waals surface area contributed by atoms with Crippen molar-refractivity contribution in [3.8, 4) is 22.4 Å². The smallest absolute Gasteiger partial charge is 0.407 e. The largest absolute Gasteiger partial charge is 0.453 e. The van der Waals surface area contributed by atoms with E-state index in [1.165, 1.54) is 14.2 Å². The van der Waals surface area contributed by atoms with Crippen LogP contribution in [0.25, 0.3) is 22.4 Å². The zero-order chi connectivity index (χ0) is 38.6. The number of carbonyl (C=O) groups excluding carboxylic acids is 4. The minimum absolute atomic E-state index is 0.0316. The molecule has 6 atom stereocenters. The van der Waals surface area contributed by atoms with Gasteiger partial charge in [-0.2, -0.15) is 0 Å². The van der Waals surface area contributed by atoms with E-state index in [9.17, 15) is 19.2 Å². The highest BCUT2D eigenvalue weighted by Crippen LogP contribution is 2.35. The lowest BCUT2D eigenvalue weighted by atomic mass is 9.99. The fourth-order valence-corrected chi connectivity index (χ4v) is 8.56. The maximum Gasteiger partial charge on any atom is 0.407 e. The van der Waals surface area contributed by atoms with Crippen LogP contribution in [0.1, 0.15) is 82.3 Å². The van der Waals surface area contributed by atoms with Crippen LogP contribution in [0.3, 0.4) is 0 Å². The maximum absolute atomic E-state index is 13.6. The number of H-pyrrole nitrogens is 1. The minimum atomic E-state index is -0.680. The Morgan fingerprint density at radius 2 is 1.47 bits per heavy atom. The third-order valence-electron chi connectivity index (χ3n) is 11.6. The highest BCUT2D eigenvalue weighted by Gasteiger charge is 2.41. The van der Waals surface area contributed by atoms with Crippen LogP contribution in [0, 0.1) is 11.8 Å². The first-order chi connectivity index (χ1) is 26.6. The number of ether oxygens (including phenoxy) is 2. The lowest BCUT2D eigenvalue weighted by molar-refractivity contribution is -0.136. The van der Waals surface area contributed by atoms with Crippen molar-refractivity contribution in [2.24, 2.45) is 16.8 Å². The summed E-state index contributed by atoms with van der Waals surface area (Å²) in [5.74, 6) is 1.46. The summed E-state index contributed by atoms with van der Waals surface area (Å²) < 4.78 is 9.49. The van der Waals surface area contributed by atoms with Gasteiger partial charge in [-0.05, 0) is 73.1 Å². The number of methoxy groups -OCH3 is 2. The summed E-state index contributed by atoms with van der Waals surface area (Å²) in [6, 6.07) is 16.0. The molecular formula is C41H52N8O6. The fraction of sp³-hybridized carbons (Fsp3) is 0.512. The number of nitrogens with one attached hydrogen (secondary N) is 4. The van der Waals surface area contributed by atoms with E-state index in [1.807, 2.05) is 29.8 Å². The summed E-state index contributed by atoms with van der Waals surface area (Å²) in [6.07, 6.45) is 6.41. The van der Waals surface area contributed by atoms with Crippen molar-refractivity contribution in [3.63, 3.8) is 0 Å². The third-order valence-corrected chi connectivity index (χ3v) is 11.6. The van der Waals surface area contributed by atoms with Crippen molar-refractivity contribution < 1.29 is 28.7 Å². The van der Waals surface area contributed by atoms with Crippen LogP contribution in [0.15, 0.2) is 59.7 Å². The molecule has 14 heteroatoms. The number of rotatable bonds is 10. The predicted octanol–water partition coefficient (Wildman–Crippen LogP) is 5.35. The number of carbonyl (C=O) groups is 4. The van der Waals surface area contributed by atoms with Gasteiger partial charge in [0.1, 0.15) is 17.7 Å². The number of aromatic amines is 1. The summed E-state index contributed by atoms with van der Waals surface area (Å²) in [7, 11) is 2.65. The molecule has 55 heavy (non-hydrogen) atoms. The third kappa shape index (κ3) is 8.18. The molecular weight excluding hydrogens is 701 g/mol. The van der Waals surface area contributed by atoms with Gasteiger partial charge in [0.05, 0.1) is 50.8 Å². The zero-order valence-corrected chi connectivity index (χ0v) is 32.0. The molecule has 1 saturated carbocycles. The van der Waals surface area contributed by atoms with E-state index >= 15 is 0 Å². The first-order valence-corrected chi connectivity index (χ1v) is 19.5. The van der Waals surface area contributed by atoms with Crippen LogP contribution >= 0.6 is 0 Å². The molecule has 0 bridgehead atoms. The van der Waals surface area contributed by atoms with Crippen molar-refractivity contribution in [1.82, 2.24) is 35.7 Å². The number of benzene rings is 2. The van der Waals surface area contributed by atoms with Crippen LogP contribution < -0.4 is 16.0 Å². The molecule has 3 fully saturated rings. The van der Waals surface area contributed by atoms with Crippen molar-refractivity contribution >= 4 is 29.8 Å². The van der Waals surface area contributed by atoms with Crippen molar-refractivity contribution in [3.05, 3.63) is 66.1 Å². The topological polar surface area (TPSA) is 170 Å². The van der Waals surface area contributed by atoms with Gasteiger partial charge in [-0.25, -0.2) is 14.6 Å². The van der Waals surface area contributed by atoms with Gasteiger partial charge in [-0.15, -0.1) is 0 Å². The Labute approximate surface area is 321 Å². The fourth-order valence-electron chi connectivity index (χ4n) is 8.56. The van der Waals surface area contributed by atoms with E-state index in [0.29, 0.717) is 19.5 Å². The molecule has 0 radical (unpaired) electrons. The van der Waals surface area contributed by atoms with Crippen molar-refractivity contribution in [2.75, 3.05) is 33.9 Å². The number of likely N-dealkylation sites (tertiary alicyclic amines) is 2. The Hall–Kier alpha value is -5.40. The molecule has 2 saturated heterocycles. The second kappa shape index (κ2) is 16.5. The van der Waals surface area contributed by atoms with Crippen molar-refractivity contribution in [2.45, 2.75) is 89.0 Å². The minimum Gasteiger partial charge on any atom is -0.453 e. The molecule has 292 valence electrons. The van der Waals surface area contributed by atoms with Gasteiger partial charge in [-0.1, -0.05) is 62.4 Å². The first-order valence-electron chi connectivity index (χ1n) is 19.5. The summed E-state index contributed by atoms with van der Waals surface area (Å²) in [6.45, 7) is 5.76. The van der Waals surface area contributed by atoms with Gasteiger partial charge >= 0.3 is 12.2 Å².